The Hall–Kier alpha value is -2.82. The number of aromatic nitrogens is 3. The van der Waals surface area contributed by atoms with Gasteiger partial charge in [-0.25, -0.2) is 9.97 Å². The van der Waals surface area contributed by atoms with E-state index in [1.165, 1.54) is 0 Å². The van der Waals surface area contributed by atoms with Gasteiger partial charge in [0.2, 0.25) is 0 Å². The summed E-state index contributed by atoms with van der Waals surface area (Å²) in [5.41, 5.74) is 2.58. The van der Waals surface area contributed by atoms with E-state index in [0.717, 1.165) is 35.4 Å². The van der Waals surface area contributed by atoms with Crippen LogP contribution in [0.5, 0.6) is 0 Å². The Morgan fingerprint density at radius 2 is 2.08 bits per heavy atom. The third-order valence-electron chi connectivity index (χ3n) is 4.50. The van der Waals surface area contributed by atoms with Gasteiger partial charge in [0.15, 0.2) is 0 Å². The number of nitrogens with zero attached hydrogens (tertiary/aromatic N) is 4. The lowest BCUT2D eigenvalue weighted by molar-refractivity contribution is 0.0790. The van der Waals surface area contributed by atoms with Crippen molar-refractivity contribution in [2.75, 3.05) is 13.1 Å². The molecule has 2 aromatic heterocycles. The van der Waals surface area contributed by atoms with Crippen LogP contribution >= 0.6 is 0 Å². The minimum Gasteiger partial charge on any atom is -0.338 e. The number of aryl methyl sites for hydroxylation is 1. The molecular weight excluding hydrogens is 300 g/mol. The van der Waals surface area contributed by atoms with Gasteiger partial charge in [-0.05, 0) is 43.7 Å². The van der Waals surface area contributed by atoms with Crippen LogP contribution in [0, 0.1) is 6.92 Å². The van der Waals surface area contributed by atoms with E-state index < -0.39 is 0 Å². The molecule has 0 N–H and O–H groups in total. The van der Waals surface area contributed by atoms with Gasteiger partial charge in [-0.3, -0.25) is 9.78 Å². The van der Waals surface area contributed by atoms with Crippen LogP contribution in [0.3, 0.4) is 0 Å². The normalized spacial score (nSPS) is 17.4. The molecule has 3 heterocycles. The molecule has 1 aliphatic heterocycles. The molecule has 0 aliphatic carbocycles. The number of carbonyl (C=O) groups is 1. The SMILES string of the molecule is Cc1ccnc([C@H]2CCN(C(=O)c3ccc4ncccc4c3)C2)n1. The molecule has 5 heteroatoms. The van der Waals surface area contributed by atoms with Gasteiger partial charge in [-0.15, -0.1) is 0 Å². The molecule has 4 rings (SSSR count). The smallest absolute Gasteiger partial charge is 0.253 e. The van der Waals surface area contributed by atoms with Crippen molar-refractivity contribution in [2.45, 2.75) is 19.3 Å². The van der Waals surface area contributed by atoms with E-state index in [4.69, 9.17) is 0 Å². The molecule has 1 saturated heterocycles. The quantitative estimate of drug-likeness (QED) is 0.729. The van der Waals surface area contributed by atoms with E-state index in [-0.39, 0.29) is 11.8 Å². The molecule has 24 heavy (non-hydrogen) atoms. The highest BCUT2D eigenvalue weighted by molar-refractivity contribution is 5.98. The van der Waals surface area contributed by atoms with Crippen molar-refractivity contribution in [2.24, 2.45) is 0 Å². The minimum atomic E-state index is 0.0657. The molecule has 1 fully saturated rings. The summed E-state index contributed by atoms with van der Waals surface area (Å²) in [6, 6.07) is 11.4. The Labute approximate surface area is 140 Å². The van der Waals surface area contributed by atoms with E-state index in [2.05, 4.69) is 15.0 Å². The summed E-state index contributed by atoms with van der Waals surface area (Å²) in [5, 5.41) is 0.987. The zero-order valence-electron chi connectivity index (χ0n) is 13.5. The Bertz CT molecular complexity index is 909. The van der Waals surface area contributed by atoms with Crippen molar-refractivity contribution in [3.8, 4) is 0 Å². The van der Waals surface area contributed by atoms with Gasteiger partial charge in [0.05, 0.1) is 5.52 Å². The van der Waals surface area contributed by atoms with Gasteiger partial charge in [0.1, 0.15) is 5.82 Å². The largest absolute Gasteiger partial charge is 0.338 e. The zero-order valence-corrected chi connectivity index (χ0v) is 13.5. The molecule has 1 aromatic carbocycles. The van der Waals surface area contributed by atoms with Gasteiger partial charge in [-0.1, -0.05) is 6.07 Å². The summed E-state index contributed by atoms with van der Waals surface area (Å²) in [4.78, 5) is 27.9. The summed E-state index contributed by atoms with van der Waals surface area (Å²) >= 11 is 0. The van der Waals surface area contributed by atoms with Crippen LogP contribution in [0.2, 0.25) is 0 Å². The van der Waals surface area contributed by atoms with E-state index in [9.17, 15) is 4.79 Å². The van der Waals surface area contributed by atoms with Gasteiger partial charge in [-0.2, -0.15) is 0 Å². The molecule has 3 aromatic rings. The highest BCUT2D eigenvalue weighted by Crippen LogP contribution is 2.26. The van der Waals surface area contributed by atoms with Crippen LogP contribution in [0.15, 0.2) is 48.8 Å². The number of amides is 1. The summed E-state index contributed by atoms with van der Waals surface area (Å²) in [6.45, 7) is 3.38. The third kappa shape index (κ3) is 2.73. The highest BCUT2D eigenvalue weighted by Gasteiger charge is 2.29. The van der Waals surface area contributed by atoms with Crippen LogP contribution in [0.4, 0.5) is 0 Å². The van der Waals surface area contributed by atoms with Crippen molar-refractivity contribution in [1.82, 2.24) is 19.9 Å². The molecule has 120 valence electrons. The molecule has 0 spiro atoms. The number of carbonyl (C=O) groups excluding carboxylic acids is 1. The first kappa shape index (κ1) is 14.8. The molecular formula is C19H18N4O. The van der Waals surface area contributed by atoms with E-state index in [0.29, 0.717) is 12.1 Å². The summed E-state index contributed by atoms with van der Waals surface area (Å²) in [5.74, 6) is 1.12. The molecule has 1 atom stereocenters. The molecule has 0 saturated carbocycles. The number of hydrogen-bond donors (Lipinski definition) is 0. The lowest BCUT2D eigenvalue weighted by Gasteiger charge is -2.16. The average molecular weight is 318 g/mol. The van der Waals surface area contributed by atoms with Crippen molar-refractivity contribution in [3.63, 3.8) is 0 Å². The lowest BCUT2D eigenvalue weighted by Crippen LogP contribution is -2.28. The van der Waals surface area contributed by atoms with Crippen molar-refractivity contribution in [3.05, 3.63) is 65.9 Å². The van der Waals surface area contributed by atoms with Crippen LogP contribution in [0.25, 0.3) is 10.9 Å². The Balaban J connectivity index is 1.54. The number of hydrogen-bond acceptors (Lipinski definition) is 4. The van der Waals surface area contributed by atoms with Crippen LogP contribution in [0.1, 0.15) is 34.2 Å². The topological polar surface area (TPSA) is 59.0 Å². The molecule has 5 nitrogen and oxygen atoms in total. The van der Waals surface area contributed by atoms with Crippen LogP contribution in [-0.2, 0) is 0 Å². The maximum Gasteiger partial charge on any atom is 0.253 e. The Morgan fingerprint density at radius 3 is 2.96 bits per heavy atom. The number of benzene rings is 1. The monoisotopic (exact) mass is 318 g/mol. The Kier molecular flexibility index (Phi) is 3.69. The van der Waals surface area contributed by atoms with Gasteiger partial charge >= 0.3 is 0 Å². The second kappa shape index (κ2) is 6.00. The average Bonchev–Trinajstić information content (AvgIpc) is 3.11. The molecule has 1 amide bonds. The molecule has 0 radical (unpaired) electrons. The Morgan fingerprint density at radius 1 is 1.17 bits per heavy atom. The first-order chi connectivity index (χ1) is 11.7. The number of rotatable bonds is 2. The van der Waals surface area contributed by atoms with E-state index >= 15 is 0 Å². The first-order valence-electron chi connectivity index (χ1n) is 8.14. The third-order valence-corrected chi connectivity index (χ3v) is 4.50. The second-order valence-electron chi connectivity index (χ2n) is 6.20. The van der Waals surface area contributed by atoms with Crippen molar-refractivity contribution >= 4 is 16.8 Å². The number of fused-ring (bicyclic) bond motifs is 1. The number of pyridine rings is 1. The molecule has 1 aliphatic rings. The zero-order chi connectivity index (χ0) is 16.5. The predicted octanol–water partition coefficient (Wildman–Crippen LogP) is 2.96. The number of likely N-dealkylation sites (tertiary alicyclic amines) is 1. The highest BCUT2D eigenvalue weighted by atomic mass is 16.2. The minimum absolute atomic E-state index is 0.0657. The van der Waals surface area contributed by atoms with Crippen LogP contribution < -0.4 is 0 Å². The standard InChI is InChI=1S/C19H18N4O/c1-13-6-9-21-18(22-13)16-7-10-23(12-16)19(24)15-4-5-17-14(11-15)3-2-8-20-17/h2-6,8-9,11,16H,7,10,12H2,1H3/t16-/m0/s1. The fourth-order valence-electron chi connectivity index (χ4n) is 3.21. The lowest BCUT2D eigenvalue weighted by atomic mass is 10.1. The predicted molar refractivity (Wildman–Crippen MR) is 91.8 cm³/mol. The van der Waals surface area contributed by atoms with Gasteiger partial charge in [0.25, 0.3) is 5.91 Å². The maximum absolute atomic E-state index is 12.8. The van der Waals surface area contributed by atoms with E-state index in [1.54, 1.807) is 12.4 Å². The first-order valence-corrected chi connectivity index (χ1v) is 8.14. The maximum atomic E-state index is 12.8. The fourth-order valence-corrected chi connectivity index (χ4v) is 3.21. The molecule has 0 bridgehead atoms. The van der Waals surface area contributed by atoms with Crippen molar-refractivity contribution in [1.29, 1.82) is 0 Å². The van der Waals surface area contributed by atoms with Gasteiger partial charge < -0.3 is 4.90 Å². The molecule has 0 unspecified atom stereocenters. The fraction of sp³-hybridized carbons (Fsp3) is 0.263. The summed E-state index contributed by atoms with van der Waals surface area (Å²) < 4.78 is 0. The summed E-state index contributed by atoms with van der Waals surface area (Å²) in [6.07, 6.45) is 4.46. The second-order valence-corrected chi connectivity index (χ2v) is 6.20. The summed E-state index contributed by atoms with van der Waals surface area (Å²) in [7, 11) is 0. The van der Waals surface area contributed by atoms with Crippen molar-refractivity contribution < 1.29 is 4.79 Å². The van der Waals surface area contributed by atoms with Crippen LogP contribution in [-0.4, -0.2) is 38.8 Å². The van der Waals surface area contributed by atoms with Gasteiger partial charge in [0, 0.05) is 48.0 Å². The van der Waals surface area contributed by atoms with E-state index in [1.807, 2.05) is 48.2 Å².